The lowest BCUT2D eigenvalue weighted by Crippen LogP contribution is -2.47. The molecular weight excluding hydrogens is 120 g/mol. The first-order chi connectivity index (χ1) is 4.29. The van der Waals surface area contributed by atoms with E-state index in [0.717, 1.165) is 13.1 Å². The molecule has 0 aromatic heterocycles. The Balaban J connectivity index is 1.97. The highest BCUT2D eigenvalue weighted by atomic mass is 16.4. The lowest BCUT2D eigenvalue weighted by atomic mass is 10.0. The fourth-order valence-corrected chi connectivity index (χ4v) is 0.724. The largest absolute Gasteiger partial charge is 0.465 e. The second-order valence-corrected chi connectivity index (χ2v) is 2.21. The predicted octanol–water partition coefficient (Wildman–Crippen LogP) is -0.527. The van der Waals surface area contributed by atoms with Crippen molar-refractivity contribution in [2.75, 3.05) is 19.6 Å². The molecule has 52 valence electrons. The maximum Gasteiger partial charge on any atom is 0.404 e. The second kappa shape index (κ2) is 2.68. The number of carboxylic acid groups (broad SMARTS) is 1. The Hall–Kier alpha value is -0.770. The molecule has 1 aliphatic heterocycles. The minimum atomic E-state index is -0.929. The van der Waals surface area contributed by atoms with Crippen LogP contribution in [-0.2, 0) is 0 Å². The van der Waals surface area contributed by atoms with Crippen molar-refractivity contribution in [2.24, 2.45) is 5.92 Å². The third-order valence-corrected chi connectivity index (χ3v) is 1.41. The molecule has 4 nitrogen and oxygen atoms in total. The smallest absolute Gasteiger partial charge is 0.404 e. The molecule has 0 unspecified atom stereocenters. The van der Waals surface area contributed by atoms with E-state index in [1.165, 1.54) is 0 Å². The summed E-state index contributed by atoms with van der Waals surface area (Å²) in [5.41, 5.74) is 0. The molecule has 0 saturated carbocycles. The summed E-state index contributed by atoms with van der Waals surface area (Å²) in [4.78, 5) is 9.91. The Morgan fingerprint density at radius 2 is 2.44 bits per heavy atom. The van der Waals surface area contributed by atoms with Crippen LogP contribution in [0.4, 0.5) is 4.79 Å². The number of hydrogen-bond acceptors (Lipinski definition) is 2. The molecule has 1 heterocycles. The van der Waals surface area contributed by atoms with Crippen molar-refractivity contribution in [2.45, 2.75) is 0 Å². The first-order valence-corrected chi connectivity index (χ1v) is 2.96. The van der Waals surface area contributed by atoms with Crippen molar-refractivity contribution in [3.8, 4) is 0 Å². The normalized spacial score (nSPS) is 18.7. The van der Waals surface area contributed by atoms with E-state index in [-0.39, 0.29) is 0 Å². The Morgan fingerprint density at radius 1 is 1.78 bits per heavy atom. The molecule has 0 aliphatic carbocycles. The van der Waals surface area contributed by atoms with Gasteiger partial charge < -0.3 is 15.7 Å². The topological polar surface area (TPSA) is 61.4 Å². The standard InChI is InChI=1S/C5H10N2O2/c8-5(9)7-3-4-1-6-2-4/h4,6-7H,1-3H2,(H,8,9). The zero-order valence-corrected chi connectivity index (χ0v) is 5.05. The average Bonchev–Trinajstić information content (AvgIpc) is 1.60. The van der Waals surface area contributed by atoms with Crippen LogP contribution >= 0.6 is 0 Å². The molecule has 0 bridgehead atoms. The van der Waals surface area contributed by atoms with Gasteiger partial charge in [-0.05, 0) is 0 Å². The first-order valence-electron chi connectivity index (χ1n) is 2.96. The van der Waals surface area contributed by atoms with Gasteiger partial charge in [-0.2, -0.15) is 0 Å². The number of hydrogen-bond donors (Lipinski definition) is 3. The molecule has 1 amide bonds. The van der Waals surface area contributed by atoms with Crippen LogP contribution in [0.2, 0.25) is 0 Å². The Labute approximate surface area is 53.2 Å². The van der Waals surface area contributed by atoms with Crippen molar-refractivity contribution in [1.82, 2.24) is 10.6 Å². The number of carbonyl (C=O) groups is 1. The van der Waals surface area contributed by atoms with E-state index in [4.69, 9.17) is 5.11 Å². The van der Waals surface area contributed by atoms with Crippen LogP contribution in [0.5, 0.6) is 0 Å². The molecule has 1 aliphatic rings. The van der Waals surface area contributed by atoms with Crippen molar-refractivity contribution in [3.63, 3.8) is 0 Å². The van der Waals surface area contributed by atoms with Gasteiger partial charge in [-0.1, -0.05) is 0 Å². The quantitative estimate of drug-likeness (QED) is 0.471. The van der Waals surface area contributed by atoms with E-state index in [0.29, 0.717) is 12.5 Å². The molecule has 4 heteroatoms. The molecule has 3 N–H and O–H groups in total. The maximum absolute atomic E-state index is 9.91. The van der Waals surface area contributed by atoms with E-state index in [2.05, 4.69) is 10.6 Å². The molecule has 1 fully saturated rings. The highest BCUT2D eigenvalue weighted by molar-refractivity contribution is 5.64. The molecular formula is C5H10N2O2. The molecule has 0 aromatic rings. The third kappa shape index (κ3) is 1.89. The summed E-state index contributed by atoms with van der Waals surface area (Å²) in [5.74, 6) is 0.515. The Morgan fingerprint density at radius 3 is 2.78 bits per heavy atom. The minimum absolute atomic E-state index is 0.515. The van der Waals surface area contributed by atoms with Crippen LogP contribution in [0.1, 0.15) is 0 Å². The zero-order valence-electron chi connectivity index (χ0n) is 5.05. The molecule has 1 rings (SSSR count). The van der Waals surface area contributed by atoms with Crippen LogP contribution in [0, 0.1) is 5.92 Å². The number of rotatable bonds is 2. The van der Waals surface area contributed by atoms with Gasteiger partial charge in [0.1, 0.15) is 0 Å². The average molecular weight is 130 g/mol. The molecule has 9 heavy (non-hydrogen) atoms. The van der Waals surface area contributed by atoms with Crippen LogP contribution in [0.15, 0.2) is 0 Å². The van der Waals surface area contributed by atoms with Gasteiger partial charge in [-0.25, -0.2) is 4.79 Å². The molecule has 0 radical (unpaired) electrons. The van der Waals surface area contributed by atoms with Gasteiger partial charge in [-0.3, -0.25) is 0 Å². The summed E-state index contributed by atoms with van der Waals surface area (Å²) < 4.78 is 0. The molecule has 0 spiro atoms. The maximum atomic E-state index is 9.91. The summed E-state index contributed by atoms with van der Waals surface area (Å²) >= 11 is 0. The van der Waals surface area contributed by atoms with Crippen LogP contribution < -0.4 is 10.6 Å². The summed E-state index contributed by atoms with van der Waals surface area (Å²) in [6.45, 7) is 2.48. The summed E-state index contributed by atoms with van der Waals surface area (Å²) in [5, 5.41) is 13.5. The fourth-order valence-electron chi connectivity index (χ4n) is 0.724. The SMILES string of the molecule is O=C(O)NCC1CNC1. The van der Waals surface area contributed by atoms with Gasteiger partial charge in [-0.15, -0.1) is 0 Å². The van der Waals surface area contributed by atoms with E-state index in [1.54, 1.807) is 0 Å². The van der Waals surface area contributed by atoms with Crippen LogP contribution in [-0.4, -0.2) is 30.8 Å². The van der Waals surface area contributed by atoms with Gasteiger partial charge in [0.15, 0.2) is 0 Å². The summed E-state index contributed by atoms with van der Waals surface area (Å²) in [6, 6.07) is 0. The number of amides is 1. The van der Waals surface area contributed by atoms with Crippen molar-refractivity contribution in [1.29, 1.82) is 0 Å². The lowest BCUT2D eigenvalue weighted by Gasteiger charge is -2.26. The van der Waals surface area contributed by atoms with E-state index in [1.807, 2.05) is 0 Å². The summed E-state index contributed by atoms with van der Waals surface area (Å²) in [6.07, 6.45) is -0.929. The zero-order chi connectivity index (χ0) is 6.69. The van der Waals surface area contributed by atoms with Crippen molar-refractivity contribution < 1.29 is 9.90 Å². The van der Waals surface area contributed by atoms with E-state index in [9.17, 15) is 4.79 Å². The van der Waals surface area contributed by atoms with Gasteiger partial charge in [0.25, 0.3) is 0 Å². The molecule has 0 atom stereocenters. The van der Waals surface area contributed by atoms with Crippen LogP contribution in [0.25, 0.3) is 0 Å². The molecule has 1 saturated heterocycles. The van der Waals surface area contributed by atoms with Gasteiger partial charge in [0.2, 0.25) is 0 Å². The van der Waals surface area contributed by atoms with Crippen molar-refractivity contribution >= 4 is 6.09 Å². The summed E-state index contributed by atoms with van der Waals surface area (Å²) in [7, 11) is 0. The second-order valence-electron chi connectivity index (χ2n) is 2.21. The highest BCUT2D eigenvalue weighted by Gasteiger charge is 2.16. The highest BCUT2D eigenvalue weighted by Crippen LogP contribution is 1.98. The van der Waals surface area contributed by atoms with E-state index < -0.39 is 6.09 Å². The van der Waals surface area contributed by atoms with E-state index >= 15 is 0 Å². The van der Waals surface area contributed by atoms with Gasteiger partial charge in [0, 0.05) is 25.6 Å². The predicted molar refractivity (Wildman–Crippen MR) is 32.4 cm³/mol. The first kappa shape index (κ1) is 6.35. The van der Waals surface area contributed by atoms with Gasteiger partial charge >= 0.3 is 6.09 Å². The minimum Gasteiger partial charge on any atom is -0.465 e. The fraction of sp³-hybridized carbons (Fsp3) is 0.800. The lowest BCUT2D eigenvalue weighted by molar-refractivity contribution is 0.189. The Bertz CT molecular complexity index is 112. The molecule has 0 aromatic carbocycles. The number of nitrogens with one attached hydrogen (secondary N) is 2. The van der Waals surface area contributed by atoms with Crippen LogP contribution in [0.3, 0.4) is 0 Å². The van der Waals surface area contributed by atoms with Gasteiger partial charge in [0.05, 0.1) is 0 Å². The Kier molecular flexibility index (Phi) is 1.89. The third-order valence-electron chi connectivity index (χ3n) is 1.41. The monoisotopic (exact) mass is 130 g/mol. The van der Waals surface area contributed by atoms with Crippen molar-refractivity contribution in [3.05, 3.63) is 0 Å².